The van der Waals surface area contributed by atoms with Gasteiger partial charge in [-0.15, -0.1) is 0 Å². The van der Waals surface area contributed by atoms with E-state index in [0.717, 1.165) is 29.5 Å². The number of ether oxygens (including phenoxy) is 2. The molecule has 0 bridgehead atoms. The molecule has 30 heavy (non-hydrogen) atoms. The van der Waals surface area contributed by atoms with Crippen LogP contribution in [-0.4, -0.2) is 74.2 Å². The van der Waals surface area contributed by atoms with Crippen LogP contribution >= 0.6 is 0 Å². The molecule has 2 heterocycles. The lowest BCUT2D eigenvalue weighted by molar-refractivity contribution is 0.0626. The summed E-state index contributed by atoms with van der Waals surface area (Å²) in [4.78, 5) is 12.7. The maximum absolute atomic E-state index is 11.0. The predicted octanol–water partition coefficient (Wildman–Crippen LogP) is 1.69. The van der Waals surface area contributed by atoms with Gasteiger partial charge in [-0.1, -0.05) is 12.1 Å². The molecule has 0 saturated carbocycles. The van der Waals surface area contributed by atoms with Crippen molar-refractivity contribution in [1.29, 1.82) is 0 Å². The summed E-state index contributed by atoms with van der Waals surface area (Å²) >= 11 is 0. The summed E-state index contributed by atoms with van der Waals surface area (Å²) in [6.07, 6.45) is 2.28. The monoisotopic (exact) mass is 415 g/mol. The van der Waals surface area contributed by atoms with Crippen molar-refractivity contribution in [1.82, 2.24) is 15.3 Å². The van der Waals surface area contributed by atoms with Gasteiger partial charge in [0.2, 0.25) is 0 Å². The van der Waals surface area contributed by atoms with Gasteiger partial charge in [0.1, 0.15) is 30.3 Å². The third kappa shape index (κ3) is 6.29. The van der Waals surface area contributed by atoms with E-state index in [4.69, 9.17) is 9.47 Å². The van der Waals surface area contributed by atoms with Crippen LogP contribution in [0.25, 0.3) is 0 Å². The molecule has 2 aromatic rings. The second kappa shape index (κ2) is 10.6. The number of nitrogens with zero attached hydrogens (tertiary/aromatic N) is 4. The number of benzene rings is 1. The SMILES string of the molecule is CCOCCOc1ccc(CNCC2(O)CCN(c3cc(N(C)C)ncn3)C2)cc1. The van der Waals surface area contributed by atoms with Gasteiger partial charge in [0, 0.05) is 52.9 Å². The van der Waals surface area contributed by atoms with Crippen LogP contribution < -0.4 is 19.9 Å². The predicted molar refractivity (Wildman–Crippen MR) is 118 cm³/mol. The van der Waals surface area contributed by atoms with Gasteiger partial charge in [-0.2, -0.15) is 0 Å². The van der Waals surface area contributed by atoms with E-state index in [2.05, 4.69) is 20.2 Å². The maximum atomic E-state index is 11.0. The van der Waals surface area contributed by atoms with Crippen molar-refractivity contribution in [3.05, 3.63) is 42.2 Å². The first kappa shape index (κ1) is 22.3. The molecule has 1 fully saturated rings. The van der Waals surface area contributed by atoms with E-state index in [1.54, 1.807) is 6.33 Å². The topological polar surface area (TPSA) is 83.0 Å². The third-order valence-electron chi connectivity index (χ3n) is 5.16. The highest BCUT2D eigenvalue weighted by molar-refractivity contribution is 5.50. The number of aliphatic hydroxyl groups is 1. The van der Waals surface area contributed by atoms with Crippen LogP contribution in [0.2, 0.25) is 0 Å². The van der Waals surface area contributed by atoms with Crippen molar-refractivity contribution >= 4 is 11.6 Å². The first-order valence-corrected chi connectivity index (χ1v) is 10.5. The smallest absolute Gasteiger partial charge is 0.134 e. The highest BCUT2D eigenvalue weighted by atomic mass is 16.5. The first-order chi connectivity index (χ1) is 14.5. The standard InChI is InChI=1S/C22H33N5O3/c1-4-29-11-12-30-19-7-5-18(6-8-19)14-23-15-22(28)9-10-27(16-22)21-13-20(26(2)3)24-17-25-21/h5-8,13,17,23,28H,4,9-12,14-16H2,1-3H3. The van der Waals surface area contributed by atoms with Crippen molar-refractivity contribution < 1.29 is 14.6 Å². The Labute approximate surface area is 178 Å². The van der Waals surface area contributed by atoms with Gasteiger partial charge in [0.05, 0.1) is 12.2 Å². The number of β-amino-alcohol motifs (C(OH)–C–C–N with tert-alkyl or cyclic N) is 1. The van der Waals surface area contributed by atoms with Gasteiger partial charge in [0.15, 0.2) is 0 Å². The van der Waals surface area contributed by atoms with Crippen LogP contribution in [0.1, 0.15) is 18.9 Å². The van der Waals surface area contributed by atoms with Crippen LogP contribution in [0.15, 0.2) is 36.7 Å². The van der Waals surface area contributed by atoms with Gasteiger partial charge >= 0.3 is 0 Å². The van der Waals surface area contributed by atoms with Crippen LogP contribution in [-0.2, 0) is 11.3 Å². The second-order valence-electron chi connectivity index (χ2n) is 7.82. The lowest BCUT2D eigenvalue weighted by atomic mass is 10.0. The fourth-order valence-corrected chi connectivity index (χ4v) is 3.46. The number of nitrogens with one attached hydrogen (secondary N) is 1. The summed E-state index contributed by atoms with van der Waals surface area (Å²) in [6.45, 7) is 6.37. The molecule has 1 atom stereocenters. The minimum atomic E-state index is -0.772. The Morgan fingerprint density at radius 1 is 1.20 bits per heavy atom. The molecule has 0 aliphatic carbocycles. The highest BCUT2D eigenvalue weighted by Crippen LogP contribution is 2.26. The molecule has 1 aromatic heterocycles. The van der Waals surface area contributed by atoms with Gasteiger partial charge in [0.25, 0.3) is 0 Å². The van der Waals surface area contributed by atoms with E-state index in [0.29, 0.717) is 45.9 Å². The summed E-state index contributed by atoms with van der Waals surface area (Å²) in [5.41, 5.74) is 0.378. The minimum Gasteiger partial charge on any atom is -0.491 e. The highest BCUT2D eigenvalue weighted by Gasteiger charge is 2.36. The quantitative estimate of drug-likeness (QED) is 0.537. The molecular weight excluding hydrogens is 382 g/mol. The molecule has 8 nitrogen and oxygen atoms in total. The lowest BCUT2D eigenvalue weighted by Gasteiger charge is -2.24. The summed E-state index contributed by atoms with van der Waals surface area (Å²) < 4.78 is 10.9. The zero-order valence-electron chi connectivity index (χ0n) is 18.2. The Kier molecular flexibility index (Phi) is 7.84. The molecule has 2 N–H and O–H groups in total. The Hall–Kier alpha value is -2.42. The van der Waals surface area contributed by atoms with E-state index in [1.165, 1.54) is 0 Å². The molecule has 8 heteroatoms. The maximum Gasteiger partial charge on any atom is 0.134 e. The fourth-order valence-electron chi connectivity index (χ4n) is 3.46. The number of hydrogen-bond acceptors (Lipinski definition) is 8. The van der Waals surface area contributed by atoms with Crippen molar-refractivity contribution in [2.75, 3.05) is 63.4 Å². The molecule has 1 aromatic carbocycles. The number of anilines is 2. The van der Waals surface area contributed by atoms with E-state index in [-0.39, 0.29) is 0 Å². The lowest BCUT2D eigenvalue weighted by Crippen LogP contribution is -2.43. The molecule has 1 saturated heterocycles. The molecule has 164 valence electrons. The zero-order chi connectivity index (χ0) is 21.4. The van der Waals surface area contributed by atoms with Crippen LogP contribution in [0.3, 0.4) is 0 Å². The summed E-state index contributed by atoms with van der Waals surface area (Å²) in [6, 6.07) is 9.96. The molecule has 3 rings (SSSR count). The largest absolute Gasteiger partial charge is 0.491 e. The van der Waals surface area contributed by atoms with Crippen molar-refractivity contribution in [3.8, 4) is 5.75 Å². The second-order valence-corrected chi connectivity index (χ2v) is 7.82. The van der Waals surface area contributed by atoms with Crippen molar-refractivity contribution in [2.45, 2.75) is 25.5 Å². The molecule has 0 spiro atoms. The number of rotatable bonds is 11. The van der Waals surface area contributed by atoms with Gasteiger partial charge in [-0.3, -0.25) is 0 Å². The van der Waals surface area contributed by atoms with Gasteiger partial charge in [-0.25, -0.2) is 9.97 Å². The molecule has 1 aliphatic rings. The summed E-state index contributed by atoms with van der Waals surface area (Å²) in [7, 11) is 3.91. The average molecular weight is 416 g/mol. The Morgan fingerprint density at radius 3 is 2.73 bits per heavy atom. The fraction of sp³-hybridized carbons (Fsp3) is 0.545. The average Bonchev–Trinajstić information content (AvgIpc) is 3.14. The Morgan fingerprint density at radius 2 is 2.00 bits per heavy atom. The van der Waals surface area contributed by atoms with Crippen LogP contribution in [0, 0.1) is 0 Å². The van der Waals surface area contributed by atoms with Crippen molar-refractivity contribution in [3.63, 3.8) is 0 Å². The van der Waals surface area contributed by atoms with Gasteiger partial charge < -0.3 is 29.7 Å². The molecule has 0 radical (unpaired) electrons. The van der Waals surface area contributed by atoms with E-state index >= 15 is 0 Å². The van der Waals surface area contributed by atoms with Crippen molar-refractivity contribution in [2.24, 2.45) is 0 Å². The van der Waals surface area contributed by atoms with Crippen LogP contribution in [0.4, 0.5) is 11.6 Å². The zero-order valence-corrected chi connectivity index (χ0v) is 18.2. The third-order valence-corrected chi connectivity index (χ3v) is 5.16. The van der Waals surface area contributed by atoms with Gasteiger partial charge in [-0.05, 0) is 31.0 Å². The van der Waals surface area contributed by atoms with E-state index in [1.807, 2.05) is 56.3 Å². The molecule has 0 amide bonds. The molecular formula is C22H33N5O3. The number of aromatic nitrogens is 2. The Bertz CT molecular complexity index is 787. The minimum absolute atomic E-state index is 0.529. The molecule has 1 unspecified atom stereocenters. The summed E-state index contributed by atoms with van der Waals surface area (Å²) in [5, 5.41) is 14.4. The number of hydrogen-bond donors (Lipinski definition) is 2. The van der Waals surface area contributed by atoms with Crippen LogP contribution in [0.5, 0.6) is 5.75 Å². The molecule has 1 aliphatic heterocycles. The van der Waals surface area contributed by atoms with E-state index in [9.17, 15) is 5.11 Å². The summed E-state index contributed by atoms with van der Waals surface area (Å²) in [5.74, 6) is 2.55. The normalized spacial score (nSPS) is 18.6. The first-order valence-electron chi connectivity index (χ1n) is 10.5. The van der Waals surface area contributed by atoms with E-state index < -0.39 is 5.60 Å². The Balaban J connectivity index is 1.44.